The van der Waals surface area contributed by atoms with Gasteiger partial charge in [-0.2, -0.15) is 0 Å². The van der Waals surface area contributed by atoms with Gasteiger partial charge in [-0.05, 0) is 55.7 Å². The lowest BCUT2D eigenvalue weighted by Gasteiger charge is -2.44. The van der Waals surface area contributed by atoms with E-state index in [2.05, 4.69) is 5.32 Å². The van der Waals surface area contributed by atoms with Gasteiger partial charge in [-0.1, -0.05) is 25.0 Å². The number of hydrogen-bond acceptors (Lipinski definition) is 6. The van der Waals surface area contributed by atoms with E-state index in [1.165, 1.54) is 4.90 Å². The third kappa shape index (κ3) is 4.34. The second-order valence-corrected chi connectivity index (χ2v) is 9.03. The highest BCUT2D eigenvalue weighted by molar-refractivity contribution is 6.15. The van der Waals surface area contributed by atoms with E-state index in [-0.39, 0.29) is 18.4 Å². The molecule has 0 bridgehead atoms. The van der Waals surface area contributed by atoms with Crippen LogP contribution in [0.3, 0.4) is 0 Å². The van der Waals surface area contributed by atoms with Gasteiger partial charge in [0.15, 0.2) is 13.2 Å². The first-order chi connectivity index (χ1) is 17.0. The van der Waals surface area contributed by atoms with E-state index in [1.807, 2.05) is 6.07 Å². The topological polar surface area (TPSA) is 105 Å². The molecule has 2 fully saturated rings. The maximum Gasteiger partial charge on any atom is 0.344 e. The number of nitrogens with zero attached hydrogens (tertiary/aromatic N) is 2. The minimum absolute atomic E-state index is 0.0973. The molecule has 5 rings (SSSR count). The largest absolute Gasteiger partial charge is 0.482 e. The fraction of sp³-hybridized carbons (Fsp3) is 0.385. The van der Waals surface area contributed by atoms with E-state index in [0.717, 1.165) is 24.9 Å². The molecule has 0 radical (unpaired) electrons. The van der Waals surface area contributed by atoms with Crippen LogP contribution < -0.4 is 19.9 Å². The Labute approximate surface area is 203 Å². The number of nitrogens with one attached hydrogen (secondary N) is 1. The Morgan fingerprint density at radius 2 is 1.69 bits per heavy atom. The van der Waals surface area contributed by atoms with E-state index in [4.69, 9.17) is 9.47 Å². The highest BCUT2D eigenvalue weighted by Gasteiger charge is 2.52. The van der Waals surface area contributed by atoms with Gasteiger partial charge in [-0.3, -0.25) is 19.3 Å². The van der Waals surface area contributed by atoms with Gasteiger partial charge in [0.05, 0.1) is 11.4 Å². The zero-order valence-electron chi connectivity index (χ0n) is 19.3. The van der Waals surface area contributed by atoms with Crippen molar-refractivity contribution < 1.29 is 28.7 Å². The van der Waals surface area contributed by atoms with Crippen molar-refractivity contribution in [3.63, 3.8) is 0 Å². The number of para-hydroxylation sites is 2. The van der Waals surface area contributed by atoms with Gasteiger partial charge in [-0.25, -0.2) is 4.79 Å². The predicted molar refractivity (Wildman–Crippen MR) is 128 cm³/mol. The van der Waals surface area contributed by atoms with Gasteiger partial charge in [0.1, 0.15) is 11.3 Å². The Bertz CT molecular complexity index is 1160. The quantitative estimate of drug-likeness (QED) is 0.642. The molecule has 3 aliphatic rings. The van der Waals surface area contributed by atoms with Crippen molar-refractivity contribution in [1.29, 1.82) is 0 Å². The Morgan fingerprint density at radius 3 is 2.40 bits per heavy atom. The summed E-state index contributed by atoms with van der Waals surface area (Å²) in [7, 11) is 0. The van der Waals surface area contributed by atoms with Crippen LogP contribution in [-0.2, 0) is 23.9 Å². The van der Waals surface area contributed by atoms with Crippen molar-refractivity contribution >= 4 is 40.8 Å². The second kappa shape index (κ2) is 9.40. The highest BCUT2D eigenvalue weighted by Crippen LogP contribution is 2.45. The molecule has 1 aliphatic carbocycles. The smallest absolute Gasteiger partial charge is 0.344 e. The van der Waals surface area contributed by atoms with Crippen molar-refractivity contribution in [2.45, 2.75) is 44.1 Å². The molecule has 0 atom stereocenters. The van der Waals surface area contributed by atoms with Gasteiger partial charge in [-0.15, -0.1) is 0 Å². The number of anilines is 3. The fourth-order valence-corrected chi connectivity index (χ4v) is 5.16. The number of carbonyl (C=O) groups is 4. The third-order valence-corrected chi connectivity index (χ3v) is 6.86. The summed E-state index contributed by atoms with van der Waals surface area (Å²) in [5.41, 5.74) is 1.02. The first-order valence-electron chi connectivity index (χ1n) is 11.9. The average Bonchev–Trinajstić information content (AvgIpc) is 3.52. The number of rotatable bonds is 6. The molecule has 2 aromatic rings. The first-order valence-corrected chi connectivity index (χ1v) is 11.9. The number of carbonyl (C=O) groups excluding carboxylic acids is 4. The zero-order valence-corrected chi connectivity index (χ0v) is 19.3. The Morgan fingerprint density at radius 1 is 0.943 bits per heavy atom. The van der Waals surface area contributed by atoms with Crippen molar-refractivity contribution in [3.8, 4) is 5.75 Å². The van der Waals surface area contributed by atoms with Crippen LogP contribution in [0, 0.1) is 0 Å². The number of amides is 3. The summed E-state index contributed by atoms with van der Waals surface area (Å²) in [4.78, 5) is 53.6. The van der Waals surface area contributed by atoms with Crippen molar-refractivity contribution in [2.75, 3.05) is 34.9 Å². The van der Waals surface area contributed by atoms with Crippen LogP contribution in [0.15, 0.2) is 48.5 Å². The molecule has 1 saturated heterocycles. The molecule has 2 aliphatic heterocycles. The van der Waals surface area contributed by atoms with Crippen LogP contribution in [0.2, 0.25) is 0 Å². The van der Waals surface area contributed by atoms with Gasteiger partial charge >= 0.3 is 5.97 Å². The molecule has 1 spiro atoms. The van der Waals surface area contributed by atoms with Gasteiger partial charge < -0.3 is 19.7 Å². The summed E-state index contributed by atoms with van der Waals surface area (Å²) in [6.07, 6.45) is 4.22. The van der Waals surface area contributed by atoms with Crippen LogP contribution in [0.4, 0.5) is 17.1 Å². The van der Waals surface area contributed by atoms with Crippen LogP contribution in [-0.4, -0.2) is 49.0 Å². The second-order valence-electron chi connectivity index (χ2n) is 9.03. The molecule has 9 nitrogen and oxygen atoms in total. The van der Waals surface area contributed by atoms with Crippen LogP contribution in [0.1, 0.15) is 38.5 Å². The minimum Gasteiger partial charge on any atom is -0.482 e. The molecular weight excluding hydrogens is 450 g/mol. The summed E-state index contributed by atoms with van der Waals surface area (Å²) >= 11 is 0. The average molecular weight is 478 g/mol. The van der Waals surface area contributed by atoms with Gasteiger partial charge in [0.25, 0.3) is 11.8 Å². The number of esters is 1. The number of fused-ring (bicyclic) bond motifs is 1. The van der Waals surface area contributed by atoms with Crippen molar-refractivity contribution in [1.82, 2.24) is 0 Å². The Balaban J connectivity index is 1.19. The lowest BCUT2D eigenvalue weighted by Crippen LogP contribution is -2.61. The van der Waals surface area contributed by atoms with E-state index in [9.17, 15) is 19.2 Å². The lowest BCUT2D eigenvalue weighted by atomic mass is 9.90. The molecule has 2 heterocycles. The van der Waals surface area contributed by atoms with E-state index >= 15 is 0 Å². The summed E-state index contributed by atoms with van der Waals surface area (Å²) in [6.45, 7) is -0.150. The number of hydrogen-bond donors (Lipinski definition) is 1. The molecule has 0 unspecified atom stereocenters. The summed E-state index contributed by atoms with van der Waals surface area (Å²) in [5, 5.41) is 2.92. The summed E-state index contributed by atoms with van der Waals surface area (Å²) in [6, 6.07) is 14.1. The molecule has 2 aromatic carbocycles. The molecule has 9 heteroatoms. The van der Waals surface area contributed by atoms with E-state index in [0.29, 0.717) is 42.9 Å². The zero-order chi connectivity index (χ0) is 24.4. The van der Waals surface area contributed by atoms with Crippen molar-refractivity contribution in [2.24, 2.45) is 0 Å². The molecule has 182 valence electrons. The Kier molecular flexibility index (Phi) is 6.15. The summed E-state index contributed by atoms with van der Waals surface area (Å²) in [5.74, 6) is -0.777. The molecule has 1 saturated carbocycles. The first kappa shape index (κ1) is 22.9. The molecular formula is C26H27N3O6. The van der Waals surface area contributed by atoms with Gasteiger partial charge in [0, 0.05) is 18.7 Å². The van der Waals surface area contributed by atoms with Crippen LogP contribution in [0.5, 0.6) is 5.75 Å². The standard InChI is InChI=1S/C26H27N3O6/c30-22-8-5-15-28(22)18-9-11-19(12-10-18)34-17-24(32)35-16-23(31)29-21-7-2-1-6-20(21)27-25(33)26(29)13-3-4-14-26/h1-2,6-7,9-12H,3-5,8,13-17H2,(H,27,33). The van der Waals surface area contributed by atoms with Gasteiger partial charge in [0.2, 0.25) is 5.91 Å². The highest BCUT2D eigenvalue weighted by atomic mass is 16.6. The maximum atomic E-state index is 13.2. The molecule has 1 N–H and O–H groups in total. The van der Waals surface area contributed by atoms with E-state index in [1.54, 1.807) is 47.4 Å². The SMILES string of the molecule is O=C(COc1ccc(N2CCCC2=O)cc1)OCC(=O)N1c2ccccc2NC(=O)C12CCCC2. The predicted octanol–water partition coefficient (Wildman–Crippen LogP) is 3.03. The number of ether oxygens (including phenoxy) is 2. The fourth-order valence-electron chi connectivity index (χ4n) is 5.16. The van der Waals surface area contributed by atoms with Crippen LogP contribution in [0.25, 0.3) is 0 Å². The molecule has 3 amide bonds. The summed E-state index contributed by atoms with van der Waals surface area (Å²) < 4.78 is 10.7. The minimum atomic E-state index is -0.952. The lowest BCUT2D eigenvalue weighted by molar-refractivity contribution is -0.150. The number of benzene rings is 2. The molecule has 0 aromatic heterocycles. The Hall–Kier alpha value is -3.88. The van der Waals surface area contributed by atoms with Crippen molar-refractivity contribution in [3.05, 3.63) is 48.5 Å². The molecule has 35 heavy (non-hydrogen) atoms. The van der Waals surface area contributed by atoms with E-state index < -0.39 is 24.0 Å². The monoisotopic (exact) mass is 477 g/mol. The van der Waals surface area contributed by atoms with Crippen LogP contribution >= 0.6 is 0 Å². The third-order valence-electron chi connectivity index (χ3n) is 6.86. The normalized spacial score (nSPS) is 18.4. The maximum absolute atomic E-state index is 13.2.